The lowest BCUT2D eigenvalue weighted by Crippen LogP contribution is -2.27. The monoisotopic (exact) mass is 360 g/mol. The molecule has 0 radical (unpaired) electrons. The van der Waals surface area contributed by atoms with Gasteiger partial charge in [0.1, 0.15) is 0 Å². The third-order valence-electron chi connectivity index (χ3n) is 4.84. The van der Waals surface area contributed by atoms with Crippen LogP contribution in [0.3, 0.4) is 0 Å². The Hall–Kier alpha value is -3.24. The van der Waals surface area contributed by atoms with Crippen LogP contribution in [0.2, 0.25) is 0 Å². The predicted molar refractivity (Wildman–Crippen MR) is 101 cm³/mol. The fourth-order valence-corrected chi connectivity index (χ4v) is 3.47. The second kappa shape index (κ2) is 7.17. The Morgan fingerprint density at radius 3 is 2.78 bits per heavy atom. The molecule has 1 N–H and O–H groups in total. The number of benzene rings is 1. The summed E-state index contributed by atoms with van der Waals surface area (Å²) in [6, 6.07) is 9.44. The highest BCUT2D eigenvalue weighted by Gasteiger charge is 2.16. The summed E-state index contributed by atoms with van der Waals surface area (Å²) in [7, 11) is 1.86. The molecule has 136 valence electrons. The minimum atomic E-state index is 0.0262. The van der Waals surface area contributed by atoms with Crippen molar-refractivity contribution in [2.45, 2.75) is 19.4 Å². The number of nitrogens with zero attached hydrogens (tertiary/aromatic N) is 5. The van der Waals surface area contributed by atoms with Gasteiger partial charge >= 0.3 is 0 Å². The van der Waals surface area contributed by atoms with Crippen LogP contribution in [-0.4, -0.2) is 32.4 Å². The van der Waals surface area contributed by atoms with Crippen LogP contribution in [0.25, 0.3) is 11.3 Å². The largest absolute Gasteiger partial charge is 0.316 e. The summed E-state index contributed by atoms with van der Waals surface area (Å²) < 4.78 is 3.41. The van der Waals surface area contributed by atoms with Gasteiger partial charge in [-0.3, -0.25) is 14.0 Å². The standard InChI is InChI=1S/C20H20N6O/c1-25-11-16(19(24-25)15-4-2-14(10-21)3-5-15)12-26-13-23-18-7-9-22-8-6-17(18)20(26)27/h2-5,11,13,22H,6-9,12H2,1H3. The van der Waals surface area contributed by atoms with E-state index in [4.69, 9.17) is 5.26 Å². The molecule has 7 nitrogen and oxygen atoms in total. The smallest absolute Gasteiger partial charge is 0.257 e. The van der Waals surface area contributed by atoms with Gasteiger partial charge in [0.05, 0.1) is 35.9 Å². The molecule has 1 aliphatic rings. The second-order valence-electron chi connectivity index (χ2n) is 6.72. The van der Waals surface area contributed by atoms with E-state index in [1.54, 1.807) is 27.7 Å². The highest BCUT2D eigenvalue weighted by atomic mass is 16.1. The molecule has 7 heteroatoms. The Bertz CT molecular complexity index is 1070. The molecule has 2 aromatic heterocycles. The van der Waals surface area contributed by atoms with Crippen molar-refractivity contribution in [3.63, 3.8) is 0 Å². The Morgan fingerprint density at radius 2 is 2.00 bits per heavy atom. The molecule has 0 spiro atoms. The molecule has 0 aliphatic carbocycles. The van der Waals surface area contributed by atoms with E-state index >= 15 is 0 Å². The van der Waals surface area contributed by atoms with Crippen molar-refractivity contribution in [1.29, 1.82) is 5.26 Å². The quantitative estimate of drug-likeness (QED) is 0.759. The molecule has 0 fully saturated rings. The second-order valence-corrected chi connectivity index (χ2v) is 6.72. The van der Waals surface area contributed by atoms with Crippen LogP contribution < -0.4 is 10.9 Å². The van der Waals surface area contributed by atoms with Gasteiger partial charge in [0.25, 0.3) is 5.56 Å². The summed E-state index contributed by atoms with van der Waals surface area (Å²) in [5.74, 6) is 0. The molecule has 1 aromatic carbocycles. The summed E-state index contributed by atoms with van der Waals surface area (Å²) in [5.41, 5.74) is 5.02. The van der Waals surface area contributed by atoms with Crippen LogP contribution >= 0.6 is 0 Å². The Labute approximate surface area is 156 Å². The number of rotatable bonds is 3. The maximum absolute atomic E-state index is 12.9. The maximum atomic E-state index is 12.9. The van der Waals surface area contributed by atoms with Crippen LogP contribution in [0.5, 0.6) is 0 Å². The van der Waals surface area contributed by atoms with E-state index in [0.29, 0.717) is 18.5 Å². The van der Waals surface area contributed by atoms with Crippen molar-refractivity contribution >= 4 is 0 Å². The van der Waals surface area contributed by atoms with Gasteiger partial charge in [0, 0.05) is 42.9 Å². The molecule has 0 amide bonds. The van der Waals surface area contributed by atoms with Gasteiger partial charge in [0.15, 0.2) is 0 Å². The van der Waals surface area contributed by atoms with Gasteiger partial charge in [-0.05, 0) is 25.1 Å². The van der Waals surface area contributed by atoms with Gasteiger partial charge in [-0.1, -0.05) is 12.1 Å². The number of aryl methyl sites for hydroxylation is 1. The molecule has 27 heavy (non-hydrogen) atoms. The summed E-state index contributed by atoms with van der Waals surface area (Å²) in [5, 5.41) is 16.8. The fourth-order valence-electron chi connectivity index (χ4n) is 3.47. The molecule has 3 aromatic rings. The highest BCUT2D eigenvalue weighted by molar-refractivity contribution is 5.63. The van der Waals surface area contributed by atoms with E-state index < -0.39 is 0 Å². The number of hydrogen-bond donors (Lipinski definition) is 1. The van der Waals surface area contributed by atoms with E-state index in [-0.39, 0.29) is 5.56 Å². The topological polar surface area (TPSA) is 88.5 Å². The highest BCUT2D eigenvalue weighted by Crippen LogP contribution is 2.23. The van der Waals surface area contributed by atoms with Crippen molar-refractivity contribution in [2.75, 3.05) is 13.1 Å². The van der Waals surface area contributed by atoms with Gasteiger partial charge in [-0.25, -0.2) is 4.98 Å². The van der Waals surface area contributed by atoms with Crippen LogP contribution in [0.4, 0.5) is 0 Å². The van der Waals surface area contributed by atoms with Gasteiger partial charge in [0.2, 0.25) is 0 Å². The lowest BCUT2D eigenvalue weighted by Gasteiger charge is -2.10. The van der Waals surface area contributed by atoms with E-state index in [1.807, 2.05) is 25.4 Å². The van der Waals surface area contributed by atoms with Crippen LogP contribution in [0.15, 0.2) is 41.6 Å². The maximum Gasteiger partial charge on any atom is 0.257 e. The molecule has 4 rings (SSSR count). The van der Waals surface area contributed by atoms with Crippen molar-refractivity contribution < 1.29 is 0 Å². The summed E-state index contributed by atoms with van der Waals surface area (Å²) in [6.07, 6.45) is 5.06. The van der Waals surface area contributed by atoms with Gasteiger partial charge in [-0.15, -0.1) is 0 Å². The fraction of sp³-hybridized carbons (Fsp3) is 0.300. The summed E-state index contributed by atoms with van der Waals surface area (Å²) in [6.45, 7) is 2.07. The van der Waals surface area contributed by atoms with E-state index in [9.17, 15) is 4.79 Å². The number of nitriles is 1. The van der Waals surface area contributed by atoms with Crippen molar-refractivity contribution in [2.24, 2.45) is 7.05 Å². The first-order valence-corrected chi connectivity index (χ1v) is 8.96. The summed E-state index contributed by atoms with van der Waals surface area (Å²) in [4.78, 5) is 17.5. The van der Waals surface area contributed by atoms with Crippen molar-refractivity contribution in [3.05, 3.63) is 69.5 Å². The number of hydrogen-bond acceptors (Lipinski definition) is 5. The normalized spacial score (nSPS) is 13.6. The Kier molecular flexibility index (Phi) is 4.57. The van der Waals surface area contributed by atoms with E-state index in [2.05, 4.69) is 21.5 Å². The predicted octanol–water partition coefficient (Wildman–Crippen LogP) is 1.25. The third-order valence-corrected chi connectivity index (χ3v) is 4.84. The van der Waals surface area contributed by atoms with Gasteiger partial charge < -0.3 is 5.32 Å². The first-order chi connectivity index (χ1) is 13.2. The molecule has 1 aliphatic heterocycles. The molecule has 0 atom stereocenters. The van der Waals surface area contributed by atoms with E-state index in [1.165, 1.54) is 0 Å². The first-order valence-electron chi connectivity index (χ1n) is 8.96. The lowest BCUT2D eigenvalue weighted by molar-refractivity contribution is 0.704. The average molecular weight is 360 g/mol. The molecular formula is C20H20N6O. The average Bonchev–Trinajstić information content (AvgIpc) is 2.89. The molecular weight excluding hydrogens is 340 g/mol. The summed E-state index contributed by atoms with van der Waals surface area (Å²) >= 11 is 0. The molecule has 0 saturated carbocycles. The SMILES string of the molecule is Cn1cc(Cn2cnc3c(c2=O)CCNCC3)c(-c2ccc(C#N)cc2)n1. The number of aromatic nitrogens is 4. The van der Waals surface area contributed by atoms with Crippen LogP contribution in [-0.2, 0) is 26.4 Å². The Morgan fingerprint density at radius 1 is 1.22 bits per heavy atom. The molecule has 3 heterocycles. The molecule has 0 unspecified atom stereocenters. The van der Waals surface area contributed by atoms with Crippen molar-refractivity contribution in [3.8, 4) is 17.3 Å². The minimum Gasteiger partial charge on any atom is -0.316 e. The van der Waals surface area contributed by atoms with Crippen LogP contribution in [0, 0.1) is 11.3 Å². The number of nitrogens with one attached hydrogen (secondary N) is 1. The van der Waals surface area contributed by atoms with Crippen molar-refractivity contribution in [1.82, 2.24) is 24.6 Å². The van der Waals surface area contributed by atoms with Crippen LogP contribution in [0.1, 0.15) is 22.4 Å². The minimum absolute atomic E-state index is 0.0262. The molecule has 0 bridgehead atoms. The third kappa shape index (κ3) is 3.39. The lowest BCUT2D eigenvalue weighted by atomic mass is 10.1. The zero-order valence-electron chi connectivity index (χ0n) is 15.1. The van der Waals surface area contributed by atoms with E-state index in [0.717, 1.165) is 47.6 Å². The Balaban J connectivity index is 1.71. The zero-order valence-corrected chi connectivity index (χ0v) is 15.1. The molecule has 0 saturated heterocycles. The zero-order chi connectivity index (χ0) is 18.8. The van der Waals surface area contributed by atoms with Gasteiger partial charge in [-0.2, -0.15) is 10.4 Å². The first kappa shape index (κ1) is 17.2. The number of fused-ring (bicyclic) bond motifs is 1.